The molecule has 2 heterocycles. The number of hydrogen-bond acceptors (Lipinski definition) is 4. The van der Waals surface area contributed by atoms with E-state index < -0.39 is 6.10 Å². The molecule has 0 fully saturated rings. The number of ether oxygens (including phenoxy) is 1. The Morgan fingerprint density at radius 1 is 1.17 bits per heavy atom. The van der Waals surface area contributed by atoms with Crippen molar-refractivity contribution in [1.82, 2.24) is 14.5 Å². The van der Waals surface area contributed by atoms with Crippen LogP contribution in [-0.2, 0) is 18.2 Å². The summed E-state index contributed by atoms with van der Waals surface area (Å²) in [5.74, 6) is 0.354. The Hall–Kier alpha value is -2.95. The first kappa shape index (κ1) is 15.9. The second-order valence-electron chi connectivity index (χ2n) is 5.56. The zero-order valence-corrected chi connectivity index (χ0v) is 13.5. The molecule has 0 aliphatic carbocycles. The van der Waals surface area contributed by atoms with Crippen molar-refractivity contribution >= 4 is 5.97 Å². The fourth-order valence-corrected chi connectivity index (χ4v) is 2.55. The quantitative estimate of drug-likeness (QED) is 0.653. The number of pyridine rings is 1. The van der Waals surface area contributed by atoms with E-state index in [1.54, 1.807) is 24.5 Å². The predicted octanol–water partition coefficient (Wildman–Crippen LogP) is 3.35. The van der Waals surface area contributed by atoms with Crippen LogP contribution in [0.3, 0.4) is 0 Å². The second-order valence-corrected chi connectivity index (χ2v) is 5.56. The van der Waals surface area contributed by atoms with Crippen LogP contribution in [-0.4, -0.2) is 20.5 Å². The van der Waals surface area contributed by atoms with Gasteiger partial charge in [0.2, 0.25) is 0 Å². The maximum absolute atomic E-state index is 12.4. The fraction of sp³-hybridized carbons (Fsp3) is 0.211. The molecule has 24 heavy (non-hydrogen) atoms. The van der Waals surface area contributed by atoms with Crippen molar-refractivity contribution in [2.45, 2.75) is 18.9 Å². The molecule has 0 saturated heterocycles. The summed E-state index contributed by atoms with van der Waals surface area (Å²) in [7, 11) is 1.90. The van der Waals surface area contributed by atoms with E-state index in [0.29, 0.717) is 12.0 Å². The van der Waals surface area contributed by atoms with Crippen LogP contribution in [0.1, 0.15) is 34.3 Å². The van der Waals surface area contributed by atoms with Gasteiger partial charge < -0.3 is 9.30 Å². The third-order valence-electron chi connectivity index (χ3n) is 3.83. The lowest BCUT2D eigenvalue weighted by atomic mass is 10.1. The molecule has 0 radical (unpaired) electrons. The maximum atomic E-state index is 12.4. The molecule has 5 nitrogen and oxygen atoms in total. The van der Waals surface area contributed by atoms with Crippen molar-refractivity contribution in [3.8, 4) is 0 Å². The highest BCUT2D eigenvalue weighted by molar-refractivity contribution is 5.89. The predicted molar refractivity (Wildman–Crippen MR) is 90.4 cm³/mol. The molecule has 1 aromatic carbocycles. The minimum Gasteiger partial charge on any atom is -0.451 e. The lowest BCUT2D eigenvalue weighted by molar-refractivity contribution is 0.0249. The lowest BCUT2D eigenvalue weighted by Crippen LogP contribution is -2.16. The number of aromatic nitrogens is 3. The number of benzene rings is 1. The summed E-state index contributed by atoms with van der Waals surface area (Å²) in [5.41, 5.74) is 1.64. The van der Waals surface area contributed by atoms with Gasteiger partial charge in [-0.3, -0.25) is 4.98 Å². The number of carbonyl (C=O) groups excluding carboxylic acids is 1. The standard InChI is InChI=1S/C19H19N3O2/c1-22-13-12-21-18(22)17(10-9-15-6-3-2-4-7-15)24-19(23)16-8-5-11-20-14-16/h2-8,11-14,17H,9-10H2,1H3/t17-/m0/s1. The molecule has 3 rings (SSSR count). The van der Waals surface area contributed by atoms with Crippen LogP contribution in [0.2, 0.25) is 0 Å². The van der Waals surface area contributed by atoms with E-state index in [-0.39, 0.29) is 5.97 Å². The average Bonchev–Trinajstić information content (AvgIpc) is 3.06. The van der Waals surface area contributed by atoms with Crippen molar-refractivity contribution < 1.29 is 9.53 Å². The average molecular weight is 321 g/mol. The van der Waals surface area contributed by atoms with Crippen molar-refractivity contribution in [1.29, 1.82) is 0 Å². The topological polar surface area (TPSA) is 57.0 Å². The summed E-state index contributed by atoms with van der Waals surface area (Å²) in [4.78, 5) is 20.7. The summed E-state index contributed by atoms with van der Waals surface area (Å²) >= 11 is 0. The summed E-state index contributed by atoms with van der Waals surface area (Å²) < 4.78 is 7.60. The molecule has 0 bridgehead atoms. The number of imidazole rings is 1. The van der Waals surface area contributed by atoms with E-state index in [0.717, 1.165) is 12.2 Å². The third-order valence-corrected chi connectivity index (χ3v) is 3.83. The smallest absolute Gasteiger partial charge is 0.340 e. The Kier molecular flexibility index (Phi) is 5.01. The van der Waals surface area contributed by atoms with E-state index >= 15 is 0 Å². The van der Waals surface area contributed by atoms with Crippen LogP contribution < -0.4 is 0 Å². The number of esters is 1. The zero-order chi connectivity index (χ0) is 16.8. The molecular weight excluding hydrogens is 302 g/mol. The molecular formula is C19H19N3O2. The largest absolute Gasteiger partial charge is 0.451 e. The molecule has 0 aliphatic rings. The van der Waals surface area contributed by atoms with Crippen LogP contribution in [0.25, 0.3) is 0 Å². The van der Waals surface area contributed by atoms with E-state index in [4.69, 9.17) is 4.74 Å². The van der Waals surface area contributed by atoms with Gasteiger partial charge in [-0.15, -0.1) is 0 Å². The Morgan fingerprint density at radius 2 is 2.00 bits per heavy atom. The number of rotatable bonds is 6. The third kappa shape index (κ3) is 3.87. The molecule has 0 amide bonds. The van der Waals surface area contributed by atoms with Gasteiger partial charge in [0.15, 0.2) is 6.10 Å². The number of aryl methyl sites for hydroxylation is 2. The molecule has 3 aromatic rings. The Morgan fingerprint density at radius 3 is 2.67 bits per heavy atom. The van der Waals surface area contributed by atoms with Gasteiger partial charge in [0.05, 0.1) is 5.56 Å². The SMILES string of the molecule is Cn1ccnc1[C@H](CCc1ccccc1)OC(=O)c1cccnc1. The van der Waals surface area contributed by atoms with Crippen molar-refractivity contribution in [3.63, 3.8) is 0 Å². The van der Waals surface area contributed by atoms with E-state index in [1.807, 2.05) is 36.0 Å². The lowest BCUT2D eigenvalue weighted by Gasteiger charge is -2.18. The van der Waals surface area contributed by atoms with Crippen LogP contribution >= 0.6 is 0 Å². The van der Waals surface area contributed by atoms with Gasteiger partial charge in [0.25, 0.3) is 0 Å². The monoisotopic (exact) mass is 321 g/mol. The maximum Gasteiger partial charge on any atom is 0.340 e. The molecule has 0 unspecified atom stereocenters. The molecule has 122 valence electrons. The van der Waals surface area contributed by atoms with Gasteiger partial charge in [-0.05, 0) is 30.5 Å². The molecule has 0 N–H and O–H groups in total. The van der Waals surface area contributed by atoms with Gasteiger partial charge in [-0.1, -0.05) is 30.3 Å². The highest BCUT2D eigenvalue weighted by Crippen LogP contribution is 2.23. The zero-order valence-electron chi connectivity index (χ0n) is 13.5. The highest BCUT2D eigenvalue weighted by Gasteiger charge is 2.21. The normalized spacial score (nSPS) is 11.9. The minimum atomic E-state index is -0.405. The first-order valence-electron chi connectivity index (χ1n) is 7.86. The van der Waals surface area contributed by atoms with Crippen molar-refractivity contribution in [2.24, 2.45) is 7.05 Å². The summed E-state index contributed by atoms with van der Waals surface area (Å²) in [6, 6.07) is 13.6. The summed E-state index contributed by atoms with van der Waals surface area (Å²) in [6.45, 7) is 0. The van der Waals surface area contributed by atoms with Crippen molar-refractivity contribution in [2.75, 3.05) is 0 Å². The first-order valence-corrected chi connectivity index (χ1v) is 7.86. The Labute approximate surface area is 141 Å². The van der Waals surface area contributed by atoms with Gasteiger partial charge in [-0.25, -0.2) is 9.78 Å². The molecule has 1 atom stereocenters. The fourth-order valence-electron chi connectivity index (χ4n) is 2.55. The minimum absolute atomic E-state index is 0.385. The van der Waals surface area contributed by atoms with Crippen LogP contribution in [0, 0.1) is 0 Å². The number of carbonyl (C=O) groups is 1. The van der Waals surface area contributed by atoms with Gasteiger partial charge >= 0.3 is 5.97 Å². The van der Waals surface area contributed by atoms with Crippen molar-refractivity contribution in [3.05, 3.63) is 84.2 Å². The van der Waals surface area contributed by atoms with Crippen LogP contribution in [0.15, 0.2) is 67.3 Å². The Balaban J connectivity index is 1.75. The second kappa shape index (κ2) is 7.55. The number of nitrogens with zero attached hydrogens (tertiary/aromatic N) is 3. The van der Waals surface area contributed by atoms with E-state index in [2.05, 4.69) is 22.1 Å². The molecule has 0 spiro atoms. The highest BCUT2D eigenvalue weighted by atomic mass is 16.5. The van der Waals surface area contributed by atoms with E-state index in [1.165, 1.54) is 11.8 Å². The summed E-state index contributed by atoms with van der Waals surface area (Å²) in [5, 5.41) is 0. The first-order chi connectivity index (χ1) is 11.7. The van der Waals surface area contributed by atoms with Crippen LogP contribution in [0.5, 0.6) is 0 Å². The van der Waals surface area contributed by atoms with Gasteiger partial charge in [0, 0.05) is 31.8 Å². The Bertz CT molecular complexity index is 785. The van der Waals surface area contributed by atoms with Gasteiger partial charge in [-0.2, -0.15) is 0 Å². The summed E-state index contributed by atoms with van der Waals surface area (Å²) in [6.07, 6.45) is 7.76. The van der Waals surface area contributed by atoms with E-state index in [9.17, 15) is 4.79 Å². The van der Waals surface area contributed by atoms with Gasteiger partial charge in [0.1, 0.15) is 5.82 Å². The molecule has 0 saturated carbocycles. The van der Waals surface area contributed by atoms with Crippen LogP contribution in [0.4, 0.5) is 0 Å². The molecule has 0 aliphatic heterocycles. The number of hydrogen-bond donors (Lipinski definition) is 0. The molecule has 5 heteroatoms. The molecule has 2 aromatic heterocycles.